The highest BCUT2D eigenvalue weighted by atomic mass is 16.6. The second kappa shape index (κ2) is 9.16. The molecule has 4 heterocycles. The highest BCUT2D eigenvalue weighted by molar-refractivity contribution is 6.06. The summed E-state index contributed by atoms with van der Waals surface area (Å²) in [5.74, 6) is -2.83. The molecule has 2 fully saturated rings. The highest BCUT2D eigenvalue weighted by Gasteiger charge is 2.74. The van der Waals surface area contributed by atoms with E-state index < -0.39 is 35.0 Å². The van der Waals surface area contributed by atoms with E-state index in [0.717, 1.165) is 23.2 Å². The van der Waals surface area contributed by atoms with Gasteiger partial charge in [0.2, 0.25) is 5.91 Å². The van der Waals surface area contributed by atoms with Gasteiger partial charge in [-0.25, -0.2) is 0 Å². The van der Waals surface area contributed by atoms with E-state index in [9.17, 15) is 19.5 Å². The molecule has 4 aliphatic heterocycles. The molecule has 192 valence electrons. The Morgan fingerprint density at radius 3 is 2.67 bits per heavy atom. The summed E-state index contributed by atoms with van der Waals surface area (Å²) in [5, 5.41) is 9.54. The zero-order valence-electron chi connectivity index (χ0n) is 21.1. The number of fused-ring (bicyclic) bond motifs is 2. The number of esters is 1. The van der Waals surface area contributed by atoms with Crippen LogP contribution in [0.3, 0.4) is 0 Å². The molecule has 0 saturated carbocycles. The summed E-state index contributed by atoms with van der Waals surface area (Å²) in [7, 11) is 0. The van der Waals surface area contributed by atoms with Crippen molar-refractivity contribution >= 4 is 23.5 Å². The van der Waals surface area contributed by atoms with Crippen molar-refractivity contribution in [2.75, 3.05) is 31.2 Å². The minimum atomic E-state index is -1.32. The number of carbonyl (C=O) groups excluding carboxylic acids is 3. The van der Waals surface area contributed by atoms with Gasteiger partial charge in [0.1, 0.15) is 17.6 Å². The Labute approximate surface area is 211 Å². The van der Waals surface area contributed by atoms with Gasteiger partial charge in [0.05, 0.1) is 18.1 Å². The summed E-state index contributed by atoms with van der Waals surface area (Å²) >= 11 is 0. The van der Waals surface area contributed by atoms with Gasteiger partial charge in [-0.3, -0.25) is 14.4 Å². The Kier molecular flexibility index (Phi) is 6.29. The van der Waals surface area contributed by atoms with Crippen LogP contribution in [0.15, 0.2) is 42.5 Å². The minimum Gasteiger partial charge on any atom is -0.465 e. The number of likely N-dealkylation sites (tertiary alicyclic amines) is 1. The lowest BCUT2D eigenvalue weighted by atomic mass is 9.74. The van der Waals surface area contributed by atoms with Crippen molar-refractivity contribution < 1.29 is 29.0 Å². The lowest BCUT2D eigenvalue weighted by Gasteiger charge is -2.37. The average molecular weight is 495 g/mol. The Hall–Kier alpha value is -2.97. The van der Waals surface area contributed by atoms with Crippen LogP contribution in [-0.4, -0.2) is 71.3 Å². The molecule has 0 radical (unpaired) electrons. The Bertz CT molecular complexity index is 1140. The van der Waals surface area contributed by atoms with Gasteiger partial charge in [-0.2, -0.15) is 0 Å². The number of nitrogens with zero attached hydrogens (tertiary/aromatic N) is 2. The molecule has 1 spiro atoms. The van der Waals surface area contributed by atoms with Gasteiger partial charge in [0, 0.05) is 25.4 Å². The van der Waals surface area contributed by atoms with Crippen molar-refractivity contribution in [1.82, 2.24) is 4.90 Å². The topological polar surface area (TPSA) is 96.4 Å². The molecule has 1 aromatic rings. The summed E-state index contributed by atoms with van der Waals surface area (Å²) in [5.41, 5.74) is 0.340. The third-order valence-electron chi connectivity index (χ3n) is 7.96. The van der Waals surface area contributed by atoms with Crippen LogP contribution >= 0.6 is 0 Å². The Morgan fingerprint density at radius 2 is 1.89 bits per heavy atom. The van der Waals surface area contributed by atoms with Gasteiger partial charge >= 0.3 is 5.97 Å². The Balaban J connectivity index is 1.65. The number of rotatable bonds is 4. The number of ether oxygens (including phenoxy) is 2. The summed E-state index contributed by atoms with van der Waals surface area (Å²) in [4.78, 5) is 44.9. The Morgan fingerprint density at radius 1 is 1.08 bits per heavy atom. The lowest BCUT2D eigenvalue weighted by Crippen LogP contribution is -2.56. The first-order valence-corrected chi connectivity index (χ1v) is 12.8. The highest BCUT2D eigenvalue weighted by Crippen LogP contribution is 2.57. The predicted octanol–water partition coefficient (Wildman–Crippen LogP) is 2.45. The van der Waals surface area contributed by atoms with E-state index in [1.807, 2.05) is 63.3 Å². The zero-order chi connectivity index (χ0) is 25.7. The smallest absolute Gasteiger partial charge is 0.313 e. The van der Waals surface area contributed by atoms with Crippen LogP contribution in [0, 0.1) is 25.7 Å². The van der Waals surface area contributed by atoms with Crippen LogP contribution in [0.1, 0.15) is 37.3 Å². The second-order valence-electron chi connectivity index (χ2n) is 10.5. The average Bonchev–Trinajstić information content (AvgIpc) is 3.18. The lowest BCUT2D eigenvalue weighted by molar-refractivity contribution is -0.158. The van der Waals surface area contributed by atoms with Gasteiger partial charge in [-0.1, -0.05) is 36.4 Å². The number of benzene rings is 1. The van der Waals surface area contributed by atoms with Gasteiger partial charge in [0.15, 0.2) is 0 Å². The first-order valence-electron chi connectivity index (χ1n) is 12.8. The maximum absolute atomic E-state index is 14.3. The minimum absolute atomic E-state index is 0.119. The van der Waals surface area contributed by atoms with Crippen LogP contribution in [0.2, 0.25) is 0 Å². The van der Waals surface area contributed by atoms with Crippen molar-refractivity contribution in [3.05, 3.63) is 53.6 Å². The van der Waals surface area contributed by atoms with Gasteiger partial charge < -0.3 is 24.4 Å². The molecule has 4 aliphatic rings. The fourth-order valence-electron chi connectivity index (χ4n) is 6.34. The van der Waals surface area contributed by atoms with E-state index >= 15 is 0 Å². The number of hydrogen-bond acceptors (Lipinski definition) is 6. The van der Waals surface area contributed by atoms with Gasteiger partial charge in [-0.15, -0.1) is 0 Å². The number of anilines is 1. The maximum Gasteiger partial charge on any atom is 0.313 e. The van der Waals surface area contributed by atoms with Gasteiger partial charge in [-0.05, 0) is 57.2 Å². The molecule has 8 nitrogen and oxygen atoms in total. The molecule has 36 heavy (non-hydrogen) atoms. The number of aliphatic hydroxyl groups excluding tert-OH is 1. The molecule has 0 aromatic heterocycles. The molecule has 0 bridgehead atoms. The monoisotopic (exact) mass is 494 g/mol. The third kappa shape index (κ3) is 3.69. The van der Waals surface area contributed by atoms with Crippen LogP contribution in [-0.2, 0) is 23.9 Å². The predicted molar refractivity (Wildman–Crippen MR) is 133 cm³/mol. The van der Waals surface area contributed by atoms with E-state index in [2.05, 4.69) is 0 Å². The van der Waals surface area contributed by atoms with Crippen molar-refractivity contribution in [3.63, 3.8) is 0 Å². The van der Waals surface area contributed by atoms with Crippen molar-refractivity contribution in [2.45, 2.75) is 57.3 Å². The largest absolute Gasteiger partial charge is 0.465 e. The molecule has 5 atom stereocenters. The standard InChI is InChI=1S/C28H34N2O6/c1-18-9-10-19(2)20(17-18)29-13-7-12-28-21(24(32)30(14-8-15-31)23(28)25(29)33)22-26(34)35-16-6-4-5-11-27(22,3)36-28/h5,7,9-12,17,21-23,31H,4,6,8,13-16H2,1-3H3/b11-5-/t21-,22-,23?,27+,28-/m0/s1. The van der Waals surface area contributed by atoms with E-state index in [1.54, 1.807) is 4.90 Å². The SMILES string of the molecule is Cc1ccc(C)c(N2CC=C[C@]34O[C@]5(C)/C=C\CCCOC(=O)[C@@H]5[C@H]3C(=O)N(CCCO)C4C2=O)c1. The van der Waals surface area contributed by atoms with Crippen molar-refractivity contribution in [3.8, 4) is 0 Å². The van der Waals surface area contributed by atoms with Crippen LogP contribution < -0.4 is 4.90 Å². The van der Waals surface area contributed by atoms with Crippen LogP contribution in [0.25, 0.3) is 0 Å². The molecule has 0 aliphatic carbocycles. The summed E-state index contributed by atoms with van der Waals surface area (Å²) in [6.45, 7) is 6.40. The van der Waals surface area contributed by atoms with E-state index in [1.165, 1.54) is 4.90 Å². The number of aliphatic hydroxyl groups is 1. The maximum atomic E-state index is 14.3. The quantitative estimate of drug-likeness (QED) is 0.510. The second-order valence-corrected chi connectivity index (χ2v) is 10.5. The number of cyclic esters (lactones) is 1. The molecule has 2 saturated heterocycles. The van der Waals surface area contributed by atoms with Crippen LogP contribution in [0.5, 0.6) is 0 Å². The summed E-state index contributed by atoms with van der Waals surface area (Å²) in [6.07, 6.45) is 9.28. The zero-order valence-corrected chi connectivity index (χ0v) is 21.1. The third-order valence-corrected chi connectivity index (χ3v) is 7.96. The number of allylic oxidation sites excluding steroid dienone is 1. The summed E-state index contributed by atoms with van der Waals surface area (Å²) in [6, 6.07) is 4.99. The van der Waals surface area contributed by atoms with E-state index in [4.69, 9.17) is 9.47 Å². The molecule has 2 amide bonds. The molecule has 5 rings (SSSR count). The van der Waals surface area contributed by atoms with Crippen LogP contribution in [0.4, 0.5) is 5.69 Å². The molecule has 8 heteroatoms. The fraction of sp³-hybridized carbons (Fsp3) is 0.536. The molecular weight excluding hydrogens is 460 g/mol. The number of aryl methyl sites for hydroxylation is 2. The van der Waals surface area contributed by atoms with E-state index in [-0.39, 0.29) is 31.6 Å². The first kappa shape index (κ1) is 24.7. The summed E-state index contributed by atoms with van der Waals surface area (Å²) < 4.78 is 12.3. The number of amides is 2. The number of hydrogen-bond donors (Lipinski definition) is 1. The normalized spacial score (nSPS) is 34.8. The molecule has 1 aromatic carbocycles. The molecule has 1 N–H and O–H groups in total. The van der Waals surface area contributed by atoms with Gasteiger partial charge in [0.25, 0.3) is 5.91 Å². The number of carbonyl (C=O) groups is 3. The van der Waals surface area contributed by atoms with Crippen molar-refractivity contribution in [2.24, 2.45) is 11.8 Å². The molecular formula is C28H34N2O6. The van der Waals surface area contributed by atoms with E-state index in [0.29, 0.717) is 19.4 Å². The first-order chi connectivity index (χ1) is 17.2. The fourth-order valence-corrected chi connectivity index (χ4v) is 6.34. The molecule has 1 unspecified atom stereocenters. The van der Waals surface area contributed by atoms with Crippen molar-refractivity contribution in [1.29, 1.82) is 0 Å².